The van der Waals surface area contributed by atoms with Crippen molar-refractivity contribution in [1.82, 2.24) is 4.90 Å². The van der Waals surface area contributed by atoms with Gasteiger partial charge in [0.1, 0.15) is 0 Å². The summed E-state index contributed by atoms with van der Waals surface area (Å²) in [7, 11) is 3.15. The maximum atomic E-state index is 12.8. The van der Waals surface area contributed by atoms with Gasteiger partial charge >= 0.3 is 5.97 Å². The van der Waals surface area contributed by atoms with E-state index >= 15 is 0 Å². The van der Waals surface area contributed by atoms with E-state index in [2.05, 4.69) is 5.32 Å². The van der Waals surface area contributed by atoms with Crippen molar-refractivity contribution in [3.05, 3.63) is 88.5 Å². The zero-order chi connectivity index (χ0) is 25.7. The Morgan fingerprint density at radius 3 is 2.36 bits per heavy atom. The number of ether oxygens (including phenoxy) is 3. The van der Waals surface area contributed by atoms with Gasteiger partial charge in [0, 0.05) is 18.7 Å². The predicted molar refractivity (Wildman–Crippen MR) is 135 cm³/mol. The minimum absolute atomic E-state index is 0.173. The Bertz CT molecular complexity index is 1300. The number of anilines is 1. The molecule has 0 bridgehead atoms. The first-order valence-corrected chi connectivity index (χ1v) is 11.6. The molecule has 0 aliphatic carbocycles. The first-order valence-electron chi connectivity index (χ1n) is 11.6. The average molecular weight is 489 g/mol. The van der Waals surface area contributed by atoms with Crippen molar-refractivity contribution in [1.29, 1.82) is 0 Å². The lowest BCUT2D eigenvalue weighted by Gasteiger charge is -2.29. The quantitative estimate of drug-likeness (QED) is 0.505. The summed E-state index contributed by atoms with van der Waals surface area (Å²) in [5.41, 5.74) is 3.97. The third-order valence-electron chi connectivity index (χ3n) is 6.07. The number of nitrogens with zero attached hydrogens (tertiary/aromatic N) is 1. The molecule has 1 N–H and O–H groups in total. The third kappa shape index (κ3) is 5.49. The van der Waals surface area contributed by atoms with Gasteiger partial charge in [0.05, 0.1) is 25.5 Å². The van der Waals surface area contributed by atoms with Crippen molar-refractivity contribution in [2.24, 2.45) is 0 Å². The molecule has 3 aromatic rings. The second kappa shape index (κ2) is 10.9. The Balaban J connectivity index is 1.39. The summed E-state index contributed by atoms with van der Waals surface area (Å²) in [5, 5.41) is 2.76. The van der Waals surface area contributed by atoms with Gasteiger partial charge < -0.3 is 24.4 Å². The van der Waals surface area contributed by atoms with E-state index in [-0.39, 0.29) is 17.4 Å². The Morgan fingerprint density at radius 2 is 1.64 bits per heavy atom. The van der Waals surface area contributed by atoms with E-state index in [1.807, 2.05) is 25.1 Å². The first-order chi connectivity index (χ1) is 17.4. The standard InChI is InChI=1S/C28H28N2O6/c1-18-7-6-8-20(13-18)27(32)29-23-10-5-4-9-22(23)28(33)36-17-26(31)30-12-11-19-14-24(34-2)25(35-3)15-21(19)16-30/h4-10,13-15H,11-12,16-17H2,1-3H3,(H,29,32). The van der Waals surface area contributed by atoms with Crippen molar-refractivity contribution >= 4 is 23.5 Å². The lowest BCUT2D eigenvalue weighted by molar-refractivity contribution is -0.135. The molecule has 36 heavy (non-hydrogen) atoms. The fourth-order valence-corrected chi connectivity index (χ4v) is 4.14. The van der Waals surface area contributed by atoms with E-state index in [0.717, 1.165) is 16.7 Å². The first kappa shape index (κ1) is 24.8. The minimum atomic E-state index is -0.688. The number of benzene rings is 3. The topological polar surface area (TPSA) is 94.2 Å². The number of carbonyl (C=O) groups is 3. The molecule has 0 unspecified atom stereocenters. The van der Waals surface area contributed by atoms with Crippen LogP contribution in [0.5, 0.6) is 11.5 Å². The van der Waals surface area contributed by atoms with Gasteiger partial charge in [-0.25, -0.2) is 4.79 Å². The molecule has 186 valence electrons. The molecule has 0 saturated heterocycles. The van der Waals surface area contributed by atoms with E-state index in [1.165, 1.54) is 0 Å². The normalized spacial score (nSPS) is 12.4. The number of carbonyl (C=O) groups excluding carboxylic acids is 3. The second-order valence-electron chi connectivity index (χ2n) is 8.49. The van der Waals surface area contributed by atoms with Crippen LogP contribution in [-0.2, 0) is 22.5 Å². The number of aryl methyl sites for hydroxylation is 1. The highest BCUT2D eigenvalue weighted by Gasteiger charge is 2.24. The van der Waals surface area contributed by atoms with Crippen LogP contribution in [0, 0.1) is 6.92 Å². The minimum Gasteiger partial charge on any atom is -0.493 e. The number of fused-ring (bicyclic) bond motifs is 1. The molecule has 0 spiro atoms. The molecule has 4 rings (SSSR count). The van der Waals surface area contributed by atoms with Crippen LogP contribution in [0.25, 0.3) is 0 Å². The average Bonchev–Trinajstić information content (AvgIpc) is 2.90. The van der Waals surface area contributed by atoms with E-state index < -0.39 is 12.6 Å². The molecule has 0 aromatic heterocycles. The summed E-state index contributed by atoms with van der Waals surface area (Å²) in [6.45, 7) is 2.38. The largest absolute Gasteiger partial charge is 0.493 e. The molecule has 1 aliphatic heterocycles. The van der Waals surface area contributed by atoms with Crippen LogP contribution in [0.1, 0.15) is 37.4 Å². The van der Waals surface area contributed by atoms with Crippen molar-refractivity contribution in [2.75, 3.05) is 32.7 Å². The Kier molecular flexibility index (Phi) is 7.53. The van der Waals surface area contributed by atoms with E-state index in [4.69, 9.17) is 14.2 Å². The molecule has 3 aromatic carbocycles. The number of nitrogens with one attached hydrogen (secondary N) is 1. The Hall–Kier alpha value is -4.33. The van der Waals surface area contributed by atoms with Crippen LogP contribution in [0.15, 0.2) is 60.7 Å². The maximum Gasteiger partial charge on any atom is 0.340 e. The number of para-hydroxylation sites is 1. The van der Waals surface area contributed by atoms with Crippen LogP contribution < -0.4 is 14.8 Å². The van der Waals surface area contributed by atoms with Gasteiger partial charge in [0.25, 0.3) is 11.8 Å². The molecule has 1 heterocycles. The van der Waals surface area contributed by atoms with Crippen molar-refractivity contribution < 1.29 is 28.6 Å². The molecule has 0 saturated carbocycles. The van der Waals surface area contributed by atoms with Gasteiger partial charge in [0.2, 0.25) is 0 Å². The lowest BCUT2D eigenvalue weighted by atomic mass is 9.99. The van der Waals surface area contributed by atoms with E-state index in [9.17, 15) is 14.4 Å². The van der Waals surface area contributed by atoms with Crippen LogP contribution in [0.4, 0.5) is 5.69 Å². The lowest BCUT2D eigenvalue weighted by Crippen LogP contribution is -2.38. The summed E-state index contributed by atoms with van der Waals surface area (Å²) in [5.74, 6) is -0.0779. The van der Waals surface area contributed by atoms with Crippen LogP contribution in [-0.4, -0.2) is 50.1 Å². The Morgan fingerprint density at radius 1 is 0.917 bits per heavy atom. The molecule has 8 nitrogen and oxygen atoms in total. The van der Waals surface area contributed by atoms with Gasteiger partial charge in [0.15, 0.2) is 18.1 Å². The molecular weight excluding hydrogens is 460 g/mol. The van der Waals surface area contributed by atoms with Gasteiger partial charge in [-0.05, 0) is 60.9 Å². The number of hydrogen-bond donors (Lipinski definition) is 1. The molecule has 0 atom stereocenters. The highest BCUT2D eigenvalue weighted by Crippen LogP contribution is 2.33. The molecule has 8 heteroatoms. The second-order valence-corrected chi connectivity index (χ2v) is 8.49. The summed E-state index contributed by atoms with van der Waals surface area (Å²) >= 11 is 0. The summed E-state index contributed by atoms with van der Waals surface area (Å²) in [4.78, 5) is 39.9. The molecule has 0 radical (unpaired) electrons. The summed E-state index contributed by atoms with van der Waals surface area (Å²) < 4.78 is 16.1. The van der Waals surface area contributed by atoms with E-state index in [0.29, 0.717) is 42.3 Å². The van der Waals surface area contributed by atoms with Gasteiger partial charge in [-0.1, -0.05) is 29.8 Å². The zero-order valence-electron chi connectivity index (χ0n) is 20.5. The van der Waals surface area contributed by atoms with Gasteiger partial charge in [-0.2, -0.15) is 0 Å². The van der Waals surface area contributed by atoms with Crippen LogP contribution >= 0.6 is 0 Å². The highest BCUT2D eigenvalue weighted by atomic mass is 16.5. The monoisotopic (exact) mass is 488 g/mol. The van der Waals surface area contributed by atoms with Crippen molar-refractivity contribution in [2.45, 2.75) is 19.9 Å². The predicted octanol–water partition coefficient (Wildman–Crippen LogP) is 4.01. The number of amides is 2. The summed E-state index contributed by atoms with van der Waals surface area (Å²) in [6.07, 6.45) is 0.656. The Labute approximate surface area is 209 Å². The van der Waals surface area contributed by atoms with Crippen LogP contribution in [0.2, 0.25) is 0 Å². The third-order valence-corrected chi connectivity index (χ3v) is 6.07. The van der Waals surface area contributed by atoms with Crippen molar-refractivity contribution in [3.63, 3.8) is 0 Å². The number of esters is 1. The fraction of sp³-hybridized carbons (Fsp3) is 0.250. The smallest absolute Gasteiger partial charge is 0.340 e. The summed E-state index contributed by atoms with van der Waals surface area (Å²) in [6, 6.07) is 17.5. The number of rotatable bonds is 7. The van der Waals surface area contributed by atoms with Crippen molar-refractivity contribution in [3.8, 4) is 11.5 Å². The maximum absolute atomic E-state index is 12.8. The van der Waals surface area contributed by atoms with E-state index in [1.54, 1.807) is 61.6 Å². The molecular formula is C28H28N2O6. The number of methoxy groups -OCH3 is 2. The zero-order valence-corrected chi connectivity index (χ0v) is 20.5. The van der Waals surface area contributed by atoms with Gasteiger partial charge in [-0.3, -0.25) is 9.59 Å². The molecule has 2 amide bonds. The van der Waals surface area contributed by atoms with Crippen LogP contribution in [0.3, 0.4) is 0 Å². The molecule has 0 fully saturated rings. The van der Waals surface area contributed by atoms with Gasteiger partial charge in [-0.15, -0.1) is 0 Å². The SMILES string of the molecule is COc1cc2c(cc1OC)CN(C(=O)COC(=O)c1ccccc1NC(=O)c1cccc(C)c1)CC2. The number of hydrogen-bond acceptors (Lipinski definition) is 6. The molecule has 1 aliphatic rings. The highest BCUT2D eigenvalue weighted by molar-refractivity contribution is 6.08. The fourth-order valence-electron chi connectivity index (χ4n) is 4.14.